The maximum atomic E-state index is 13.1. The number of rotatable bonds is 10. The first-order valence-electron chi connectivity index (χ1n) is 27.7. The van der Waals surface area contributed by atoms with Crippen LogP contribution < -0.4 is 9.80 Å². The fourth-order valence-corrected chi connectivity index (χ4v) is 13.6. The molecule has 82 heavy (non-hydrogen) atoms. The van der Waals surface area contributed by atoms with Gasteiger partial charge in [-0.15, -0.1) is 0 Å². The number of hydrogen-bond acceptors (Lipinski definition) is 12. The molecule has 8 heterocycles. The summed E-state index contributed by atoms with van der Waals surface area (Å²) in [6.45, 7) is 17.1. The van der Waals surface area contributed by atoms with Crippen LogP contribution in [0.1, 0.15) is 46.5 Å². The Hall–Kier alpha value is -7.26. The summed E-state index contributed by atoms with van der Waals surface area (Å²) in [5, 5.41) is 43.4. The number of β-amino-alcohol motifs (C(OH)–C–C–N with tert-alkyl or cyclic N) is 2. The number of carbonyl (C=O) groups is 2. The first-order valence-corrected chi connectivity index (χ1v) is 27.7. The number of pyridine rings is 2. The minimum Gasteiger partial charge on any atom is -0.508 e. The smallest absolute Gasteiger partial charge is 0.415 e. The van der Waals surface area contributed by atoms with Gasteiger partial charge in [0, 0.05) is 102 Å². The van der Waals surface area contributed by atoms with Crippen LogP contribution in [0.15, 0.2) is 98.1 Å². The zero-order chi connectivity index (χ0) is 58.2. The van der Waals surface area contributed by atoms with Crippen molar-refractivity contribution in [1.29, 1.82) is 0 Å². The topological polar surface area (TPSA) is 160 Å². The maximum Gasteiger partial charge on any atom is 0.415 e. The van der Waals surface area contributed by atoms with Crippen LogP contribution in [0.2, 0.25) is 0 Å². The Balaban J connectivity index is 0.000000172. The molecule has 20 heteroatoms. The number of fused-ring (bicyclic) bond motifs is 4. The highest BCUT2D eigenvalue weighted by Crippen LogP contribution is 2.48. The molecule has 0 aliphatic carbocycles. The Morgan fingerprint density at radius 3 is 1.35 bits per heavy atom. The second-order valence-corrected chi connectivity index (χ2v) is 23.4. The van der Waals surface area contributed by atoms with Gasteiger partial charge >= 0.3 is 12.4 Å². The van der Waals surface area contributed by atoms with Crippen molar-refractivity contribution in [2.24, 2.45) is 10.8 Å². The van der Waals surface area contributed by atoms with E-state index in [2.05, 4.69) is 36.8 Å². The zero-order valence-corrected chi connectivity index (χ0v) is 45.8. The standard InChI is InChI=1S/2C31H33F3N4O3/c2*1-3-27(41)38-17-30(18-38)10-12-37(16-30)29-19(2)28(23-6-4-5-20-13-21(39)7-8-22(20)23)24-9-11-36(14-25(24)35-29)15-26(40)31(32,33)34/h2*3-8,13,26,39-40H,1,9-12,14-18H2,2H3. The Bertz CT molecular complexity index is 3300. The number of hydrogen-bond donors (Lipinski definition) is 4. The van der Waals surface area contributed by atoms with E-state index in [9.17, 15) is 56.4 Å². The summed E-state index contributed by atoms with van der Waals surface area (Å²) in [7, 11) is 0. The number of aromatic nitrogens is 2. The second-order valence-electron chi connectivity index (χ2n) is 23.4. The van der Waals surface area contributed by atoms with Crippen molar-refractivity contribution >= 4 is 45.0 Å². The molecule has 6 aromatic rings. The largest absolute Gasteiger partial charge is 0.508 e. The number of likely N-dealkylation sites (tertiary alicyclic amines) is 2. The average Bonchev–Trinajstić information content (AvgIpc) is 4.27. The molecule has 2 unspecified atom stereocenters. The van der Waals surface area contributed by atoms with Gasteiger partial charge in [0.15, 0.2) is 12.2 Å². The van der Waals surface area contributed by atoms with Gasteiger partial charge in [0.25, 0.3) is 0 Å². The van der Waals surface area contributed by atoms with Crippen LogP contribution in [-0.4, -0.2) is 165 Å². The molecule has 0 saturated carbocycles. The summed E-state index contributed by atoms with van der Waals surface area (Å²) in [5.41, 5.74) is 9.45. The van der Waals surface area contributed by atoms with Crippen LogP contribution in [0.3, 0.4) is 0 Å². The number of aliphatic hydroxyl groups is 2. The lowest BCUT2D eigenvalue weighted by Crippen LogP contribution is -2.59. The van der Waals surface area contributed by atoms with Crippen LogP contribution in [0, 0.1) is 24.7 Å². The lowest BCUT2D eigenvalue weighted by atomic mass is 9.79. The molecule has 6 aliphatic rings. The molecule has 4 saturated heterocycles. The van der Waals surface area contributed by atoms with Crippen LogP contribution in [0.5, 0.6) is 11.5 Å². The predicted molar refractivity (Wildman–Crippen MR) is 301 cm³/mol. The van der Waals surface area contributed by atoms with E-state index in [0.717, 1.165) is 128 Å². The molecule has 0 bridgehead atoms. The van der Waals surface area contributed by atoms with Crippen molar-refractivity contribution in [3.05, 3.63) is 132 Å². The van der Waals surface area contributed by atoms with E-state index in [-0.39, 0.29) is 47.2 Å². The number of carbonyl (C=O) groups excluding carboxylic acids is 2. The lowest BCUT2D eigenvalue weighted by Gasteiger charge is -2.47. The van der Waals surface area contributed by atoms with Crippen LogP contribution in [-0.2, 0) is 35.5 Å². The first kappa shape index (κ1) is 56.6. The number of halogens is 6. The summed E-state index contributed by atoms with van der Waals surface area (Å²) in [4.78, 5) is 45.6. The molecule has 2 aromatic heterocycles. The number of alkyl halides is 6. The number of aliphatic hydroxyl groups excluding tert-OH is 2. The maximum absolute atomic E-state index is 13.1. The van der Waals surface area contributed by atoms with Crippen molar-refractivity contribution in [3.63, 3.8) is 0 Å². The van der Waals surface area contributed by atoms with Gasteiger partial charge in [-0.25, -0.2) is 9.97 Å². The SMILES string of the molecule is C=CC(=O)N1CC2(CCN(c3nc4c(c(-c5cccc6cc(O)ccc56)c3C)CCN(CC(O)C(F)(F)F)C4)C2)C1.C=CC(=O)N1CC2(CCN(c3nc4c(c(-c5cccc6cc(O)ccc56)c3C)CCN(CC(O)C(F)(F)F)C4)C2)C1. The number of amides is 2. The van der Waals surface area contributed by atoms with Gasteiger partial charge in [0.2, 0.25) is 11.8 Å². The number of anilines is 2. The molecule has 432 valence electrons. The van der Waals surface area contributed by atoms with Gasteiger partial charge < -0.3 is 40.0 Å². The number of phenolic OH excluding ortho intramolecular Hbond substituents is 2. The Kier molecular flexibility index (Phi) is 14.8. The highest BCUT2D eigenvalue weighted by Gasteiger charge is 2.51. The van der Waals surface area contributed by atoms with E-state index in [4.69, 9.17) is 9.97 Å². The number of benzene rings is 4. The quantitative estimate of drug-likeness (QED) is 0.0764. The molecule has 2 atom stereocenters. The molecule has 4 fully saturated rings. The fraction of sp³-hybridized carbons (Fsp3) is 0.419. The Morgan fingerprint density at radius 1 is 0.598 bits per heavy atom. The minimum atomic E-state index is -4.68. The normalized spacial score (nSPS) is 19.3. The molecule has 2 spiro atoms. The van der Waals surface area contributed by atoms with Gasteiger partial charge in [-0.2, -0.15) is 26.3 Å². The van der Waals surface area contributed by atoms with Crippen molar-refractivity contribution in [3.8, 4) is 33.8 Å². The third-order valence-corrected chi connectivity index (χ3v) is 17.7. The fourth-order valence-electron chi connectivity index (χ4n) is 13.6. The van der Waals surface area contributed by atoms with Crippen molar-refractivity contribution in [2.75, 3.05) is 88.3 Å². The van der Waals surface area contributed by atoms with Crippen LogP contribution in [0.4, 0.5) is 38.0 Å². The average molecular weight is 1130 g/mol. The highest BCUT2D eigenvalue weighted by atomic mass is 19.4. The molecular formula is C62H66F6N8O6. The van der Waals surface area contributed by atoms with Crippen LogP contribution >= 0.6 is 0 Å². The number of aromatic hydroxyl groups is 2. The summed E-state index contributed by atoms with van der Waals surface area (Å²) in [5.74, 6) is 1.82. The van der Waals surface area contributed by atoms with Crippen molar-refractivity contribution in [2.45, 2.75) is 77.2 Å². The number of phenols is 2. The van der Waals surface area contributed by atoms with Crippen LogP contribution in [0.25, 0.3) is 43.8 Å². The summed E-state index contributed by atoms with van der Waals surface area (Å²) in [6, 6.07) is 22.4. The van der Waals surface area contributed by atoms with Crippen molar-refractivity contribution < 1.29 is 56.4 Å². The zero-order valence-electron chi connectivity index (χ0n) is 45.8. The van der Waals surface area contributed by atoms with E-state index < -0.39 is 37.7 Å². The van der Waals surface area contributed by atoms with E-state index >= 15 is 0 Å². The third-order valence-electron chi connectivity index (χ3n) is 17.7. The molecular weight excluding hydrogens is 1070 g/mol. The molecule has 14 nitrogen and oxygen atoms in total. The first-order chi connectivity index (χ1) is 39.0. The lowest BCUT2D eigenvalue weighted by molar-refractivity contribution is -0.209. The minimum absolute atomic E-state index is 0.0112. The molecule has 2 amide bonds. The van der Waals surface area contributed by atoms with E-state index in [0.29, 0.717) is 52.1 Å². The number of nitrogens with zero attached hydrogens (tertiary/aromatic N) is 8. The van der Waals surface area contributed by atoms with E-state index in [1.165, 1.54) is 12.2 Å². The van der Waals surface area contributed by atoms with Gasteiger partial charge in [0.1, 0.15) is 23.1 Å². The van der Waals surface area contributed by atoms with Gasteiger partial charge in [0.05, 0.1) is 11.4 Å². The molecule has 4 N–H and O–H groups in total. The molecule has 12 rings (SSSR count). The van der Waals surface area contributed by atoms with E-state index in [1.54, 1.807) is 43.9 Å². The second kappa shape index (κ2) is 21.5. The molecule has 6 aliphatic heterocycles. The van der Waals surface area contributed by atoms with Crippen molar-refractivity contribution in [1.82, 2.24) is 29.6 Å². The van der Waals surface area contributed by atoms with Gasteiger partial charge in [-0.1, -0.05) is 61.7 Å². The summed E-state index contributed by atoms with van der Waals surface area (Å²) in [6.07, 6.45) is -8.69. The Morgan fingerprint density at radius 2 is 0.988 bits per heavy atom. The van der Waals surface area contributed by atoms with E-state index in [1.807, 2.05) is 48.5 Å². The molecule has 0 radical (unpaired) electrons. The summed E-state index contributed by atoms with van der Waals surface area (Å²) >= 11 is 0. The summed E-state index contributed by atoms with van der Waals surface area (Å²) < 4.78 is 78.9. The highest BCUT2D eigenvalue weighted by molar-refractivity contribution is 6.01. The third kappa shape index (κ3) is 10.7. The monoisotopic (exact) mass is 1130 g/mol. The predicted octanol–water partition coefficient (Wildman–Crippen LogP) is 8.84. The molecule has 4 aromatic carbocycles. The Labute approximate surface area is 471 Å². The van der Waals surface area contributed by atoms with Gasteiger partial charge in [-0.05, 0) is 142 Å². The van der Waals surface area contributed by atoms with Gasteiger partial charge in [-0.3, -0.25) is 19.4 Å².